The number of hydrogen-bond acceptors (Lipinski definition) is 6. The molecule has 0 aliphatic carbocycles. The van der Waals surface area contributed by atoms with Gasteiger partial charge in [0.1, 0.15) is 0 Å². The van der Waals surface area contributed by atoms with Gasteiger partial charge >= 0.3 is 0 Å². The van der Waals surface area contributed by atoms with Crippen LogP contribution in [0, 0.1) is 12.8 Å². The number of piperidine rings is 1. The first-order valence-corrected chi connectivity index (χ1v) is 12.3. The summed E-state index contributed by atoms with van der Waals surface area (Å²) in [6.45, 7) is 5.91. The highest BCUT2D eigenvalue weighted by Crippen LogP contribution is 2.25. The number of likely N-dealkylation sites (tertiary alicyclic amines) is 1. The van der Waals surface area contributed by atoms with Crippen LogP contribution in [0.2, 0.25) is 5.02 Å². The first-order chi connectivity index (χ1) is 17.0. The molecule has 3 heterocycles. The molecule has 182 valence electrons. The van der Waals surface area contributed by atoms with Gasteiger partial charge in [0.2, 0.25) is 17.6 Å². The minimum absolute atomic E-state index is 0.0122. The number of carbonyl (C=O) groups is 2. The second-order valence-electron chi connectivity index (χ2n) is 9.07. The number of hydrogen-bond donors (Lipinski definition) is 0. The van der Waals surface area contributed by atoms with Crippen molar-refractivity contribution in [3.63, 3.8) is 0 Å². The second kappa shape index (κ2) is 10.1. The Morgan fingerprint density at radius 3 is 2.29 bits per heavy atom. The number of carbonyl (C=O) groups excluding carboxylic acids is 2. The molecule has 0 N–H and O–H groups in total. The predicted octanol–water partition coefficient (Wildman–Crippen LogP) is 3.90. The SMILES string of the molecule is Cc1nc(-c2ccc(C(=O)N3CCC(C(=O)N4CCN(c5cccc(Cl)c5)CC4)CC3)cc2)no1. The van der Waals surface area contributed by atoms with Crippen LogP contribution >= 0.6 is 11.6 Å². The van der Waals surface area contributed by atoms with E-state index in [1.54, 1.807) is 19.1 Å². The van der Waals surface area contributed by atoms with Gasteiger partial charge in [-0.15, -0.1) is 0 Å². The molecule has 0 bridgehead atoms. The quantitative estimate of drug-likeness (QED) is 0.548. The molecule has 2 fully saturated rings. The molecular formula is C26H28ClN5O3. The number of halogens is 1. The third kappa shape index (κ3) is 5.17. The number of piperazine rings is 1. The van der Waals surface area contributed by atoms with Crippen LogP contribution < -0.4 is 4.90 Å². The molecule has 2 amide bonds. The van der Waals surface area contributed by atoms with Crippen molar-refractivity contribution in [2.45, 2.75) is 19.8 Å². The lowest BCUT2D eigenvalue weighted by Gasteiger charge is -2.39. The summed E-state index contributed by atoms with van der Waals surface area (Å²) >= 11 is 6.12. The summed E-state index contributed by atoms with van der Waals surface area (Å²) in [6.07, 6.45) is 1.39. The van der Waals surface area contributed by atoms with Crippen molar-refractivity contribution < 1.29 is 14.1 Å². The van der Waals surface area contributed by atoms with Crippen molar-refractivity contribution in [1.29, 1.82) is 0 Å². The Kier molecular flexibility index (Phi) is 6.72. The molecule has 35 heavy (non-hydrogen) atoms. The van der Waals surface area contributed by atoms with E-state index >= 15 is 0 Å². The smallest absolute Gasteiger partial charge is 0.253 e. The van der Waals surface area contributed by atoms with Gasteiger partial charge in [-0.05, 0) is 43.2 Å². The highest BCUT2D eigenvalue weighted by atomic mass is 35.5. The summed E-state index contributed by atoms with van der Waals surface area (Å²) in [7, 11) is 0. The lowest BCUT2D eigenvalue weighted by molar-refractivity contribution is -0.137. The van der Waals surface area contributed by atoms with E-state index in [0.717, 1.165) is 29.4 Å². The van der Waals surface area contributed by atoms with Crippen LogP contribution in [0.4, 0.5) is 5.69 Å². The lowest BCUT2D eigenvalue weighted by atomic mass is 9.94. The van der Waals surface area contributed by atoms with Gasteiger partial charge < -0.3 is 19.2 Å². The van der Waals surface area contributed by atoms with E-state index in [1.165, 1.54) is 0 Å². The van der Waals surface area contributed by atoms with Crippen LogP contribution in [0.25, 0.3) is 11.4 Å². The maximum Gasteiger partial charge on any atom is 0.253 e. The Balaban J connectivity index is 1.12. The molecule has 3 aromatic rings. The first-order valence-electron chi connectivity index (χ1n) is 12.0. The highest BCUT2D eigenvalue weighted by Gasteiger charge is 2.32. The van der Waals surface area contributed by atoms with E-state index < -0.39 is 0 Å². The van der Waals surface area contributed by atoms with Crippen molar-refractivity contribution in [2.24, 2.45) is 5.92 Å². The maximum atomic E-state index is 13.1. The number of aromatic nitrogens is 2. The Morgan fingerprint density at radius 1 is 0.943 bits per heavy atom. The monoisotopic (exact) mass is 493 g/mol. The minimum Gasteiger partial charge on any atom is -0.368 e. The Hall–Kier alpha value is -3.39. The van der Waals surface area contributed by atoms with Gasteiger partial charge in [-0.2, -0.15) is 4.98 Å². The van der Waals surface area contributed by atoms with E-state index in [1.807, 2.05) is 40.1 Å². The largest absolute Gasteiger partial charge is 0.368 e. The van der Waals surface area contributed by atoms with Crippen molar-refractivity contribution in [1.82, 2.24) is 19.9 Å². The highest BCUT2D eigenvalue weighted by molar-refractivity contribution is 6.30. The zero-order chi connectivity index (χ0) is 24.4. The minimum atomic E-state index is -0.0272. The number of anilines is 1. The van der Waals surface area contributed by atoms with Gasteiger partial charge in [0, 0.05) is 73.9 Å². The van der Waals surface area contributed by atoms with Gasteiger partial charge in [0.15, 0.2) is 0 Å². The van der Waals surface area contributed by atoms with Crippen LogP contribution in [0.5, 0.6) is 0 Å². The average Bonchev–Trinajstić information content (AvgIpc) is 3.34. The summed E-state index contributed by atoms with van der Waals surface area (Å²) in [4.78, 5) is 36.4. The van der Waals surface area contributed by atoms with E-state index in [4.69, 9.17) is 16.1 Å². The second-order valence-corrected chi connectivity index (χ2v) is 9.51. The predicted molar refractivity (Wildman–Crippen MR) is 133 cm³/mol. The van der Waals surface area contributed by atoms with Gasteiger partial charge in [0.25, 0.3) is 5.91 Å². The van der Waals surface area contributed by atoms with Gasteiger partial charge in [-0.1, -0.05) is 35.0 Å². The normalized spacial score (nSPS) is 17.0. The van der Waals surface area contributed by atoms with E-state index in [9.17, 15) is 9.59 Å². The number of nitrogens with zero attached hydrogens (tertiary/aromatic N) is 5. The summed E-state index contributed by atoms with van der Waals surface area (Å²) < 4.78 is 5.02. The summed E-state index contributed by atoms with van der Waals surface area (Å²) in [5.41, 5.74) is 2.52. The van der Waals surface area contributed by atoms with Crippen molar-refractivity contribution in [3.8, 4) is 11.4 Å². The van der Waals surface area contributed by atoms with Crippen molar-refractivity contribution >= 4 is 29.1 Å². The number of rotatable bonds is 4. The molecule has 8 nitrogen and oxygen atoms in total. The number of amides is 2. The molecular weight excluding hydrogens is 466 g/mol. The van der Waals surface area contributed by atoms with Gasteiger partial charge in [-0.25, -0.2) is 0 Å². The van der Waals surface area contributed by atoms with Crippen LogP contribution in [-0.4, -0.2) is 71.0 Å². The lowest BCUT2D eigenvalue weighted by Crippen LogP contribution is -2.52. The zero-order valence-corrected chi connectivity index (χ0v) is 20.4. The third-order valence-electron chi connectivity index (χ3n) is 6.81. The summed E-state index contributed by atoms with van der Waals surface area (Å²) in [5.74, 6) is 1.18. The molecule has 0 atom stereocenters. The Morgan fingerprint density at radius 2 is 1.66 bits per heavy atom. The van der Waals surface area contributed by atoms with Gasteiger partial charge in [-0.3, -0.25) is 9.59 Å². The molecule has 9 heteroatoms. The fourth-order valence-electron chi connectivity index (χ4n) is 4.81. The number of aryl methyl sites for hydroxylation is 1. The molecule has 0 radical (unpaired) electrons. The molecule has 5 rings (SSSR count). The van der Waals surface area contributed by atoms with Crippen LogP contribution in [0.3, 0.4) is 0 Å². The number of benzene rings is 2. The molecule has 1 aromatic heterocycles. The molecule has 0 unspecified atom stereocenters. The summed E-state index contributed by atoms with van der Waals surface area (Å²) in [6, 6.07) is 15.1. The maximum absolute atomic E-state index is 13.1. The Labute approximate surface area is 209 Å². The topological polar surface area (TPSA) is 82.8 Å². The molecule has 2 aromatic carbocycles. The average molecular weight is 494 g/mol. The van der Waals surface area contributed by atoms with E-state index in [0.29, 0.717) is 56.3 Å². The summed E-state index contributed by atoms with van der Waals surface area (Å²) in [5, 5.41) is 4.63. The zero-order valence-electron chi connectivity index (χ0n) is 19.7. The first kappa shape index (κ1) is 23.4. The molecule has 2 saturated heterocycles. The molecule has 0 saturated carbocycles. The molecule has 2 aliphatic rings. The fraction of sp³-hybridized carbons (Fsp3) is 0.385. The standard InChI is InChI=1S/C26H28ClN5O3/c1-18-28-24(29-35-18)19-5-7-20(8-6-19)25(33)31-11-9-21(10-12-31)26(34)32-15-13-30(14-16-32)23-4-2-3-22(27)17-23/h2-8,17,21H,9-16H2,1H3. The molecule has 2 aliphatic heterocycles. The van der Waals surface area contributed by atoms with E-state index in [2.05, 4.69) is 21.1 Å². The van der Waals surface area contributed by atoms with Crippen LogP contribution in [0.1, 0.15) is 29.1 Å². The van der Waals surface area contributed by atoms with Gasteiger partial charge in [0.05, 0.1) is 0 Å². The van der Waals surface area contributed by atoms with Crippen molar-refractivity contribution in [3.05, 3.63) is 65.0 Å². The van der Waals surface area contributed by atoms with Crippen LogP contribution in [0.15, 0.2) is 53.1 Å². The van der Waals surface area contributed by atoms with E-state index in [-0.39, 0.29) is 17.7 Å². The van der Waals surface area contributed by atoms with Crippen LogP contribution in [-0.2, 0) is 4.79 Å². The Bertz CT molecular complexity index is 1200. The fourth-order valence-corrected chi connectivity index (χ4v) is 4.99. The third-order valence-corrected chi connectivity index (χ3v) is 7.05. The molecule has 0 spiro atoms. The van der Waals surface area contributed by atoms with Crippen molar-refractivity contribution in [2.75, 3.05) is 44.2 Å².